The zero-order chi connectivity index (χ0) is 16.8. The Labute approximate surface area is 157 Å². The summed E-state index contributed by atoms with van der Waals surface area (Å²) in [6.45, 7) is 6.04. The van der Waals surface area contributed by atoms with Crippen molar-refractivity contribution in [2.24, 2.45) is 5.92 Å². The van der Waals surface area contributed by atoms with Crippen molar-refractivity contribution in [1.29, 1.82) is 0 Å². The molecule has 0 aromatic rings. The molecule has 1 atom stereocenters. The molecule has 25 heavy (non-hydrogen) atoms. The Kier molecular flexibility index (Phi) is 8.46. The van der Waals surface area contributed by atoms with Gasteiger partial charge in [-0.15, -0.1) is 12.4 Å². The third-order valence-electron chi connectivity index (χ3n) is 5.88. The third kappa shape index (κ3) is 6.12. The van der Waals surface area contributed by atoms with Crippen molar-refractivity contribution in [2.45, 2.75) is 51.0 Å². The third-order valence-corrected chi connectivity index (χ3v) is 5.88. The summed E-state index contributed by atoms with van der Waals surface area (Å²) in [7, 11) is 0. The highest BCUT2D eigenvalue weighted by molar-refractivity contribution is 5.85. The van der Waals surface area contributed by atoms with Crippen molar-refractivity contribution in [1.82, 2.24) is 20.4 Å². The van der Waals surface area contributed by atoms with Gasteiger partial charge < -0.3 is 15.5 Å². The summed E-state index contributed by atoms with van der Waals surface area (Å²) in [5.74, 6) is 0.833. The molecular weight excluding hydrogens is 340 g/mol. The fourth-order valence-electron chi connectivity index (χ4n) is 4.32. The van der Waals surface area contributed by atoms with E-state index in [0.29, 0.717) is 12.5 Å². The van der Waals surface area contributed by atoms with E-state index in [4.69, 9.17) is 0 Å². The van der Waals surface area contributed by atoms with Crippen LogP contribution in [0.25, 0.3) is 0 Å². The van der Waals surface area contributed by atoms with Crippen molar-refractivity contribution < 1.29 is 9.59 Å². The number of piperazine rings is 1. The minimum atomic E-state index is 0. The monoisotopic (exact) mass is 372 g/mol. The molecule has 1 aliphatic carbocycles. The van der Waals surface area contributed by atoms with Crippen LogP contribution in [0.5, 0.6) is 0 Å². The Morgan fingerprint density at radius 3 is 2.48 bits per heavy atom. The van der Waals surface area contributed by atoms with Crippen molar-refractivity contribution >= 4 is 24.2 Å². The quantitative estimate of drug-likeness (QED) is 0.730. The summed E-state index contributed by atoms with van der Waals surface area (Å²) in [5, 5.41) is 6.19. The maximum absolute atomic E-state index is 12.3. The number of amides is 2. The molecule has 0 aromatic carbocycles. The smallest absolute Gasteiger partial charge is 0.242 e. The summed E-state index contributed by atoms with van der Waals surface area (Å²) >= 11 is 0. The second-order valence-electron chi connectivity index (χ2n) is 7.53. The highest BCUT2D eigenvalue weighted by Crippen LogP contribution is 2.28. The van der Waals surface area contributed by atoms with Crippen LogP contribution < -0.4 is 10.6 Å². The van der Waals surface area contributed by atoms with Crippen molar-refractivity contribution in [2.75, 3.05) is 45.8 Å². The van der Waals surface area contributed by atoms with Crippen molar-refractivity contribution in [3.63, 3.8) is 0 Å². The van der Waals surface area contributed by atoms with Crippen LogP contribution in [0.4, 0.5) is 0 Å². The van der Waals surface area contributed by atoms with E-state index < -0.39 is 0 Å². The van der Waals surface area contributed by atoms with Crippen LogP contribution in [-0.4, -0.2) is 73.5 Å². The van der Waals surface area contributed by atoms with Gasteiger partial charge in [0.15, 0.2) is 0 Å². The average Bonchev–Trinajstić information content (AvgIpc) is 3.30. The number of hydrogen-bond donors (Lipinski definition) is 2. The lowest BCUT2D eigenvalue weighted by molar-refractivity contribution is -0.132. The molecule has 3 aliphatic rings. The van der Waals surface area contributed by atoms with Crippen LogP contribution in [-0.2, 0) is 9.59 Å². The molecule has 144 valence electrons. The second-order valence-corrected chi connectivity index (χ2v) is 7.53. The number of nitrogens with zero attached hydrogens (tertiary/aromatic N) is 2. The lowest BCUT2D eigenvalue weighted by atomic mass is 10.0. The number of halogens is 1. The molecule has 2 N–H and O–H groups in total. The van der Waals surface area contributed by atoms with E-state index in [9.17, 15) is 9.59 Å². The molecule has 3 fully saturated rings. The Hall–Kier alpha value is -0.850. The van der Waals surface area contributed by atoms with E-state index in [0.717, 1.165) is 58.0 Å². The first-order valence-electron chi connectivity index (χ1n) is 9.71. The summed E-state index contributed by atoms with van der Waals surface area (Å²) in [4.78, 5) is 28.7. The minimum Gasteiger partial charge on any atom is -0.347 e. The first-order valence-corrected chi connectivity index (χ1v) is 9.71. The molecule has 2 aliphatic heterocycles. The highest BCUT2D eigenvalue weighted by atomic mass is 35.5. The molecule has 0 radical (unpaired) electrons. The molecule has 7 heteroatoms. The van der Waals surface area contributed by atoms with Gasteiger partial charge in [-0.3, -0.25) is 14.5 Å². The molecule has 2 heterocycles. The summed E-state index contributed by atoms with van der Waals surface area (Å²) in [5.41, 5.74) is 0. The SMILES string of the molecule is Cl.O=C(CCC1CCCC1)NCC(=O)N1CCC(N2CCNCC2)C1. The fourth-order valence-corrected chi connectivity index (χ4v) is 4.32. The van der Waals surface area contributed by atoms with E-state index in [1.807, 2.05) is 4.90 Å². The summed E-state index contributed by atoms with van der Waals surface area (Å²) < 4.78 is 0. The Morgan fingerprint density at radius 2 is 1.76 bits per heavy atom. The van der Waals surface area contributed by atoms with Gasteiger partial charge in [0.25, 0.3) is 0 Å². The average molecular weight is 373 g/mol. The van der Waals surface area contributed by atoms with Gasteiger partial charge in [0.1, 0.15) is 0 Å². The highest BCUT2D eigenvalue weighted by Gasteiger charge is 2.30. The number of rotatable bonds is 6. The molecule has 0 aromatic heterocycles. The van der Waals surface area contributed by atoms with Gasteiger partial charge in [0.05, 0.1) is 6.54 Å². The number of likely N-dealkylation sites (tertiary alicyclic amines) is 1. The predicted molar refractivity (Wildman–Crippen MR) is 101 cm³/mol. The molecular formula is C18H33ClN4O2. The van der Waals surface area contributed by atoms with Crippen LogP contribution in [0.2, 0.25) is 0 Å². The predicted octanol–water partition coefficient (Wildman–Crippen LogP) is 1.00. The molecule has 0 bridgehead atoms. The van der Waals surface area contributed by atoms with E-state index in [1.54, 1.807) is 0 Å². The lowest BCUT2D eigenvalue weighted by Crippen LogP contribution is -2.49. The maximum atomic E-state index is 12.3. The fraction of sp³-hybridized carbons (Fsp3) is 0.889. The lowest BCUT2D eigenvalue weighted by Gasteiger charge is -2.32. The molecule has 6 nitrogen and oxygen atoms in total. The Bertz CT molecular complexity index is 437. The molecule has 2 saturated heterocycles. The van der Waals surface area contributed by atoms with Gasteiger partial charge >= 0.3 is 0 Å². The van der Waals surface area contributed by atoms with E-state index >= 15 is 0 Å². The normalized spacial score (nSPS) is 25.0. The van der Waals surface area contributed by atoms with Gasteiger partial charge in [-0.2, -0.15) is 0 Å². The van der Waals surface area contributed by atoms with Crippen LogP contribution in [0.3, 0.4) is 0 Å². The first kappa shape index (κ1) is 20.5. The van der Waals surface area contributed by atoms with Gasteiger partial charge in [-0.05, 0) is 18.8 Å². The molecule has 2 amide bonds. The second kappa shape index (κ2) is 10.3. The Morgan fingerprint density at radius 1 is 1.04 bits per heavy atom. The van der Waals surface area contributed by atoms with Crippen molar-refractivity contribution in [3.8, 4) is 0 Å². The van der Waals surface area contributed by atoms with Gasteiger partial charge in [0.2, 0.25) is 11.8 Å². The molecule has 3 rings (SSSR count). The van der Waals surface area contributed by atoms with Crippen LogP contribution in [0, 0.1) is 5.92 Å². The maximum Gasteiger partial charge on any atom is 0.242 e. The molecule has 0 spiro atoms. The van der Waals surface area contributed by atoms with Crippen LogP contribution in [0.15, 0.2) is 0 Å². The van der Waals surface area contributed by atoms with Crippen molar-refractivity contribution in [3.05, 3.63) is 0 Å². The number of carbonyl (C=O) groups is 2. The van der Waals surface area contributed by atoms with E-state index in [2.05, 4.69) is 15.5 Å². The topological polar surface area (TPSA) is 64.7 Å². The molecule has 1 saturated carbocycles. The number of nitrogens with one attached hydrogen (secondary N) is 2. The summed E-state index contributed by atoms with van der Waals surface area (Å²) in [6, 6.07) is 0.495. The van der Waals surface area contributed by atoms with Gasteiger partial charge in [0, 0.05) is 51.7 Å². The zero-order valence-electron chi connectivity index (χ0n) is 15.2. The van der Waals surface area contributed by atoms with Gasteiger partial charge in [-0.1, -0.05) is 25.7 Å². The van der Waals surface area contributed by atoms with E-state index in [1.165, 1.54) is 25.7 Å². The largest absolute Gasteiger partial charge is 0.347 e. The van der Waals surface area contributed by atoms with E-state index in [-0.39, 0.29) is 30.8 Å². The Balaban J connectivity index is 0.00000225. The minimum absolute atomic E-state index is 0. The first-order chi connectivity index (χ1) is 11.7. The number of hydrogen-bond acceptors (Lipinski definition) is 4. The summed E-state index contributed by atoms with van der Waals surface area (Å²) in [6.07, 6.45) is 7.78. The standard InChI is InChI=1S/C18H32N4O2.ClH/c23-17(6-5-15-3-1-2-4-15)20-13-18(24)22-10-7-16(14-22)21-11-8-19-9-12-21;/h15-16,19H,1-14H2,(H,20,23);1H. The van der Waals surface area contributed by atoms with Gasteiger partial charge in [-0.25, -0.2) is 0 Å². The number of carbonyl (C=O) groups excluding carboxylic acids is 2. The zero-order valence-corrected chi connectivity index (χ0v) is 16.0. The molecule has 1 unspecified atom stereocenters. The van der Waals surface area contributed by atoms with Crippen LogP contribution in [0.1, 0.15) is 44.9 Å². The van der Waals surface area contributed by atoms with Crippen LogP contribution >= 0.6 is 12.4 Å².